The van der Waals surface area contributed by atoms with Crippen molar-refractivity contribution in [3.63, 3.8) is 0 Å². The first-order valence-corrected chi connectivity index (χ1v) is 8.51. The van der Waals surface area contributed by atoms with Crippen molar-refractivity contribution in [2.24, 2.45) is 0 Å². The Balaban J connectivity index is 0.000000180. The van der Waals surface area contributed by atoms with Crippen molar-refractivity contribution in [3.8, 4) is 0 Å². The molecule has 6 nitrogen and oxygen atoms in total. The van der Waals surface area contributed by atoms with Crippen LogP contribution >= 0.6 is 0 Å². The molecule has 18 heavy (non-hydrogen) atoms. The normalized spacial score (nSPS) is 43.6. The van der Waals surface area contributed by atoms with E-state index in [1.807, 2.05) is 13.8 Å². The maximum atomic E-state index is 10.8. The van der Waals surface area contributed by atoms with E-state index in [4.69, 9.17) is 19.7 Å². The first kappa shape index (κ1) is 16.2. The molecule has 2 saturated heterocycles. The van der Waals surface area contributed by atoms with Gasteiger partial charge in [-0.25, -0.2) is 0 Å². The van der Waals surface area contributed by atoms with E-state index in [1.54, 1.807) is 0 Å². The lowest BCUT2D eigenvalue weighted by molar-refractivity contribution is 0.0433. The summed E-state index contributed by atoms with van der Waals surface area (Å²) in [4.78, 5) is 0. The molecule has 0 bridgehead atoms. The first-order valence-electron chi connectivity index (χ1n) is 5.75. The minimum absolute atomic E-state index is 0.0444. The molecule has 8 heteroatoms. The van der Waals surface area contributed by atoms with Gasteiger partial charge in [0.1, 0.15) is 0 Å². The monoisotopic (exact) mass is 300 g/mol. The van der Waals surface area contributed by atoms with Crippen LogP contribution in [0.2, 0.25) is 0 Å². The second-order valence-electron chi connectivity index (χ2n) is 4.21. The van der Waals surface area contributed by atoms with Gasteiger partial charge in [0.2, 0.25) is 0 Å². The van der Waals surface area contributed by atoms with Crippen LogP contribution in [-0.2, 0) is 31.1 Å². The van der Waals surface area contributed by atoms with Crippen molar-refractivity contribution in [2.45, 2.75) is 36.9 Å². The summed E-state index contributed by atoms with van der Waals surface area (Å²) in [5.41, 5.74) is -0.861. The van der Waals surface area contributed by atoms with Crippen LogP contribution in [-0.4, -0.2) is 66.4 Å². The van der Waals surface area contributed by atoms with Gasteiger partial charge in [-0.15, -0.1) is 0 Å². The van der Waals surface area contributed by atoms with Gasteiger partial charge in [-0.1, -0.05) is 0 Å². The van der Waals surface area contributed by atoms with Crippen LogP contribution in [0.5, 0.6) is 0 Å². The molecule has 0 aliphatic carbocycles. The Morgan fingerprint density at radius 3 is 1.39 bits per heavy atom. The van der Waals surface area contributed by atoms with Gasteiger partial charge in [0.05, 0.1) is 58.5 Å². The molecule has 0 saturated carbocycles. The quantitative estimate of drug-likeness (QED) is 0.675. The van der Waals surface area contributed by atoms with E-state index >= 15 is 0 Å². The molecule has 2 aliphatic heterocycles. The van der Waals surface area contributed by atoms with Crippen LogP contribution in [0.1, 0.15) is 13.8 Å². The molecular formula is C10H20O6S2. The molecule has 0 aromatic heterocycles. The highest BCUT2D eigenvalue weighted by Crippen LogP contribution is 2.14. The number of aliphatic hydroxyl groups excluding tert-OH is 2. The third kappa shape index (κ3) is 4.67. The van der Waals surface area contributed by atoms with Crippen LogP contribution in [0.15, 0.2) is 0 Å². The highest BCUT2D eigenvalue weighted by molar-refractivity contribution is 7.86. The predicted octanol–water partition coefficient (Wildman–Crippen LogP) is -1.06. The summed E-state index contributed by atoms with van der Waals surface area (Å²) in [5, 5.41) is 17.1. The van der Waals surface area contributed by atoms with Crippen molar-refractivity contribution in [2.75, 3.05) is 24.7 Å². The maximum Gasteiger partial charge on any atom is 0.155 e. The Morgan fingerprint density at radius 1 is 0.944 bits per heavy atom. The molecular weight excluding hydrogens is 280 g/mol. The zero-order chi connectivity index (χ0) is 13.7. The van der Waals surface area contributed by atoms with Gasteiger partial charge >= 0.3 is 0 Å². The number of rotatable bonds is 2. The third-order valence-electron chi connectivity index (χ3n) is 2.45. The summed E-state index contributed by atoms with van der Waals surface area (Å²) >= 11 is 0. The molecule has 0 aromatic rings. The van der Waals surface area contributed by atoms with E-state index in [9.17, 15) is 8.42 Å². The molecule has 2 N–H and O–H groups in total. The summed E-state index contributed by atoms with van der Waals surface area (Å²) in [5.74, 6) is 1.12. The molecule has 2 rings (SSSR count). The third-order valence-corrected chi connectivity index (χ3v) is 5.74. The van der Waals surface area contributed by atoms with Crippen LogP contribution in [0.4, 0.5) is 0 Å². The molecule has 0 amide bonds. The van der Waals surface area contributed by atoms with Gasteiger partial charge in [0.25, 0.3) is 0 Å². The number of ether oxygens (including phenoxy) is 2. The number of hydrogen-bond donors (Lipinski definition) is 2. The van der Waals surface area contributed by atoms with Crippen molar-refractivity contribution in [3.05, 3.63) is 0 Å². The number of hydrogen-bond acceptors (Lipinski definition) is 6. The van der Waals surface area contributed by atoms with Gasteiger partial charge < -0.3 is 19.7 Å². The Bertz CT molecular complexity index is 281. The number of aliphatic hydroxyl groups is 2. The van der Waals surface area contributed by atoms with E-state index < -0.39 is 32.5 Å². The molecule has 0 aromatic carbocycles. The SMILES string of the molecule is CC1CS(=O)C(CO)O1.CC1CS(=O)C(CO)O1. The second-order valence-corrected chi connectivity index (χ2v) is 7.45. The van der Waals surface area contributed by atoms with E-state index in [2.05, 4.69) is 0 Å². The fourth-order valence-electron chi connectivity index (χ4n) is 1.65. The Kier molecular flexibility index (Phi) is 6.89. The maximum absolute atomic E-state index is 10.8. The van der Waals surface area contributed by atoms with E-state index in [-0.39, 0.29) is 25.4 Å². The van der Waals surface area contributed by atoms with Crippen LogP contribution < -0.4 is 0 Å². The smallest absolute Gasteiger partial charge is 0.155 e. The fraction of sp³-hybridized carbons (Fsp3) is 1.00. The summed E-state index contributed by atoms with van der Waals surface area (Å²) in [6, 6.07) is 0. The highest BCUT2D eigenvalue weighted by Gasteiger charge is 2.28. The lowest BCUT2D eigenvalue weighted by Gasteiger charge is -2.03. The van der Waals surface area contributed by atoms with E-state index in [0.717, 1.165) is 0 Å². The fourth-order valence-corrected chi connectivity index (χ4v) is 4.12. The Morgan fingerprint density at radius 2 is 1.28 bits per heavy atom. The van der Waals surface area contributed by atoms with Crippen molar-refractivity contribution >= 4 is 21.6 Å². The summed E-state index contributed by atoms with van der Waals surface area (Å²) in [6.45, 7) is 3.45. The van der Waals surface area contributed by atoms with Crippen molar-refractivity contribution < 1.29 is 28.1 Å². The van der Waals surface area contributed by atoms with Gasteiger partial charge in [0, 0.05) is 0 Å². The predicted molar refractivity (Wildman–Crippen MR) is 68.9 cm³/mol. The molecule has 6 unspecified atom stereocenters. The van der Waals surface area contributed by atoms with Gasteiger partial charge in [0.15, 0.2) is 10.9 Å². The molecule has 2 aliphatic rings. The lowest BCUT2D eigenvalue weighted by Crippen LogP contribution is -2.15. The second kappa shape index (κ2) is 7.66. The largest absolute Gasteiger partial charge is 0.393 e. The van der Waals surface area contributed by atoms with Crippen molar-refractivity contribution in [1.29, 1.82) is 0 Å². The molecule has 2 fully saturated rings. The average molecular weight is 300 g/mol. The minimum Gasteiger partial charge on any atom is -0.393 e. The molecule has 108 valence electrons. The standard InChI is InChI=1S/2C5H10O3S/c2*1-4-3-9(7)5(2-6)8-4/h2*4-6H,2-3H2,1H3. The topological polar surface area (TPSA) is 93.1 Å². The highest BCUT2D eigenvalue weighted by atomic mass is 32.2. The van der Waals surface area contributed by atoms with E-state index in [1.165, 1.54) is 0 Å². The summed E-state index contributed by atoms with van der Waals surface area (Å²) < 4.78 is 31.8. The van der Waals surface area contributed by atoms with Crippen LogP contribution in [0.25, 0.3) is 0 Å². The molecule has 0 spiro atoms. The molecule has 2 heterocycles. The minimum atomic E-state index is -0.963. The Hall–Kier alpha value is 0.140. The molecule has 0 radical (unpaired) electrons. The average Bonchev–Trinajstić information content (AvgIpc) is 2.81. The Labute approximate surface area is 112 Å². The van der Waals surface area contributed by atoms with Crippen molar-refractivity contribution in [1.82, 2.24) is 0 Å². The zero-order valence-corrected chi connectivity index (χ0v) is 12.1. The van der Waals surface area contributed by atoms with Gasteiger partial charge in [-0.3, -0.25) is 8.42 Å². The lowest BCUT2D eigenvalue weighted by atomic mass is 10.5. The zero-order valence-electron chi connectivity index (χ0n) is 10.5. The summed E-state index contributed by atoms with van der Waals surface area (Å²) in [7, 11) is -1.93. The molecule has 6 atom stereocenters. The van der Waals surface area contributed by atoms with Gasteiger partial charge in [-0.2, -0.15) is 0 Å². The van der Waals surface area contributed by atoms with E-state index in [0.29, 0.717) is 11.5 Å². The summed E-state index contributed by atoms with van der Waals surface area (Å²) in [6.07, 6.45) is 0.0889. The van der Waals surface area contributed by atoms with Gasteiger partial charge in [-0.05, 0) is 13.8 Å². The van der Waals surface area contributed by atoms with Crippen LogP contribution in [0, 0.1) is 0 Å². The van der Waals surface area contributed by atoms with Crippen LogP contribution in [0.3, 0.4) is 0 Å². The first-order chi connectivity index (χ1) is 8.47.